The number of para-hydroxylation sites is 1. The molecule has 1 aliphatic rings. The molecule has 1 N–H and O–H groups in total. The molecular formula is C23H23NO6S2. The molecule has 0 bridgehead atoms. The van der Waals surface area contributed by atoms with Crippen LogP contribution in [0.1, 0.15) is 40.2 Å². The van der Waals surface area contributed by atoms with Gasteiger partial charge in [-0.05, 0) is 13.0 Å². The van der Waals surface area contributed by atoms with E-state index in [1.807, 2.05) is 6.92 Å². The zero-order valence-electron chi connectivity index (χ0n) is 17.6. The molecule has 1 fully saturated rings. The van der Waals surface area contributed by atoms with Gasteiger partial charge in [-0.1, -0.05) is 48.0 Å². The molecule has 7 nitrogen and oxygen atoms in total. The van der Waals surface area contributed by atoms with Crippen LogP contribution in [0, 0.1) is 6.92 Å². The Bertz CT molecular complexity index is 1040. The number of thiol groups is 1. The van der Waals surface area contributed by atoms with Crippen LogP contribution in [0.5, 0.6) is 5.75 Å². The predicted molar refractivity (Wildman–Crippen MR) is 124 cm³/mol. The first-order chi connectivity index (χ1) is 15.2. The fourth-order valence-corrected chi connectivity index (χ4v) is 5.22. The number of amides is 1. The van der Waals surface area contributed by atoms with E-state index in [1.165, 1.54) is 23.6 Å². The lowest BCUT2D eigenvalue weighted by Crippen LogP contribution is -2.44. The van der Waals surface area contributed by atoms with Crippen molar-refractivity contribution in [3.63, 3.8) is 0 Å². The Morgan fingerprint density at radius 3 is 2.44 bits per heavy atom. The highest BCUT2D eigenvalue weighted by Crippen LogP contribution is 2.45. The van der Waals surface area contributed by atoms with Crippen molar-refractivity contribution in [3.05, 3.63) is 65.2 Å². The second-order valence-corrected chi connectivity index (χ2v) is 9.16. The summed E-state index contributed by atoms with van der Waals surface area (Å²) in [6.45, 7) is 3.17. The van der Waals surface area contributed by atoms with E-state index in [4.69, 9.17) is 4.74 Å². The molecule has 3 rings (SSSR count). The highest BCUT2D eigenvalue weighted by Gasteiger charge is 2.44. The first-order valence-electron chi connectivity index (χ1n) is 9.91. The summed E-state index contributed by atoms with van der Waals surface area (Å²) in [5, 5.41) is 8.09. The standard InChI is InChI=1S/C23H23NO6S2/c1-13-7-9-15(10-8-13)21(27)19(31)11-20(26)24-17(23(28)29)12-32-22(24)16-5-3-4-6-18(16)30-14(2)25/h3-10,17,19,22,31H,11-12H2,1-2H3,(H,28,29)/t17-,19?,22?/m0/s1. The van der Waals surface area contributed by atoms with Gasteiger partial charge >= 0.3 is 11.9 Å². The minimum Gasteiger partial charge on any atom is -0.480 e. The molecule has 168 valence electrons. The quantitative estimate of drug-likeness (QED) is 0.275. The molecule has 1 aliphatic heterocycles. The zero-order valence-corrected chi connectivity index (χ0v) is 19.3. The summed E-state index contributed by atoms with van der Waals surface area (Å²) in [4.78, 5) is 50.5. The van der Waals surface area contributed by atoms with Gasteiger partial charge in [0.2, 0.25) is 5.91 Å². The Hall–Kier alpha value is -2.78. The largest absolute Gasteiger partial charge is 0.480 e. The van der Waals surface area contributed by atoms with Crippen molar-refractivity contribution in [2.24, 2.45) is 0 Å². The van der Waals surface area contributed by atoms with E-state index in [0.29, 0.717) is 11.1 Å². The Morgan fingerprint density at radius 1 is 1.16 bits per heavy atom. The molecule has 9 heteroatoms. The van der Waals surface area contributed by atoms with E-state index in [9.17, 15) is 24.3 Å². The van der Waals surface area contributed by atoms with Crippen LogP contribution in [0.2, 0.25) is 0 Å². The molecule has 2 aromatic rings. The molecular weight excluding hydrogens is 450 g/mol. The number of rotatable bonds is 7. The van der Waals surface area contributed by atoms with Crippen LogP contribution in [0.25, 0.3) is 0 Å². The van der Waals surface area contributed by atoms with E-state index in [0.717, 1.165) is 5.56 Å². The van der Waals surface area contributed by atoms with Crippen LogP contribution in [-0.2, 0) is 14.4 Å². The number of hydrogen-bond acceptors (Lipinski definition) is 7. The summed E-state index contributed by atoms with van der Waals surface area (Å²) >= 11 is 5.60. The van der Waals surface area contributed by atoms with Gasteiger partial charge in [0.15, 0.2) is 5.78 Å². The van der Waals surface area contributed by atoms with Crippen LogP contribution in [0.15, 0.2) is 48.5 Å². The molecule has 3 atom stereocenters. The molecule has 1 amide bonds. The van der Waals surface area contributed by atoms with Gasteiger partial charge in [-0.25, -0.2) is 4.79 Å². The van der Waals surface area contributed by atoms with Gasteiger partial charge in [-0.2, -0.15) is 12.6 Å². The molecule has 0 aromatic heterocycles. The Labute approximate surface area is 195 Å². The molecule has 2 aromatic carbocycles. The number of aryl methyl sites for hydroxylation is 1. The van der Waals surface area contributed by atoms with Crippen molar-refractivity contribution >= 4 is 48.0 Å². The predicted octanol–water partition coefficient (Wildman–Crippen LogP) is 3.52. The van der Waals surface area contributed by atoms with Gasteiger partial charge in [-0.3, -0.25) is 14.4 Å². The number of nitrogens with zero attached hydrogens (tertiary/aromatic N) is 1. The summed E-state index contributed by atoms with van der Waals surface area (Å²) in [6, 6.07) is 12.6. The maximum atomic E-state index is 13.2. The molecule has 2 unspecified atom stereocenters. The van der Waals surface area contributed by atoms with Gasteiger partial charge in [0.25, 0.3) is 0 Å². The number of esters is 1. The fraction of sp³-hybridized carbons (Fsp3) is 0.304. The van der Waals surface area contributed by atoms with E-state index in [2.05, 4.69) is 12.6 Å². The maximum Gasteiger partial charge on any atom is 0.327 e. The second-order valence-electron chi connectivity index (χ2n) is 7.42. The van der Waals surface area contributed by atoms with Gasteiger partial charge in [0.1, 0.15) is 17.2 Å². The topological polar surface area (TPSA) is 101 Å². The molecule has 0 spiro atoms. The van der Waals surface area contributed by atoms with Crippen molar-refractivity contribution in [2.75, 3.05) is 5.75 Å². The number of benzene rings is 2. The number of aliphatic carboxylic acids is 1. The minimum atomic E-state index is -1.14. The summed E-state index contributed by atoms with van der Waals surface area (Å²) in [5.74, 6) is -2.04. The summed E-state index contributed by atoms with van der Waals surface area (Å²) in [7, 11) is 0. The van der Waals surface area contributed by atoms with E-state index in [1.54, 1.807) is 48.5 Å². The molecule has 32 heavy (non-hydrogen) atoms. The summed E-state index contributed by atoms with van der Waals surface area (Å²) in [5.41, 5.74) is 1.96. The van der Waals surface area contributed by atoms with Crippen LogP contribution < -0.4 is 4.74 Å². The summed E-state index contributed by atoms with van der Waals surface area (Å²) in [6.07, 6.45) is -0.258. The van der Waals surface area contributed by atoms with E-state index in [-0.39, 0.29) is 23.7 Å². The van der Waals surface area contributed by atoms with Crippen LogP contribution in [-0.4, -0.2) is 50.7 Å². The van der Waals surface area contributed by atoms with Gasteiger partial charge in [0, 0.05) is 30.2 Å². The second kappa shape index (κ2) is 10.2. The first-order valence-corrected chi connectivity index (χ1v) is 11.5. The van der Waals surface area contributed by atoms with E-state index >= 15 is 0 Å². The molecule has 1 heterocycles. The number of carbonyl (C=O) groups is 4. The van der Waals surface area contributed by atoms with Gasteiger partial charge < -0.3 is 14.7 Å². The fourth-order valence-electron chi connectivity index (χ4n) is 3.45. The van der Waals surface area contributed by atoms with E-state index < -0.39 is 34.5 Å². The van der Waals surface area contributed by atoms with Crippen molar-refractivity contribution in [2.45, 2.75) is 36.9 Å². The Kier molecular flexibility index (Phi) is 7.63. The minimum absolute atomic E-state index is 0.170. The van der Waals surface area contributed by atoms with Gasteiger partial charge in [0.05, 0.1) is 5.25 Å². The van der Waals surface area contributed by atoms with Crippen molar-refractivity contribution in [3.8, 4) is 5.75 Å². The number of thioether (sulfide) groups is 1. The summed E-state index contributed by atoms with van der Waals surface area (Å²) < 4.78 is 5.26. The third kappa shape index (κ3) is 5.34. The SMILES string of the molecule is CC(=O)Oc1ccccc1C1SC[C@@H](C(=O)O)N1C(=O)CC(S)C(=O)c1ccc(C)cc1. The lowest BCUT2D eigenvalue weighted by atomic mass is 10.0. The zero-order chi connectivity index (χ0) is 23.4. The Balaban J connectivity index is 1.85. The average molecular weight is 474 g/mol. The third-order valence-corrected chi connectivity index (χ3v) is 6.74. The van der Waals surface area contributed by atoms with Crippen LogP contribution >= 0.6 is 24.4 Å². The maximum absolute atomic E-state index is 13.2. The average Bonchev–Trinajstić information content (AvgIpc) is 3.19. The number of carbonyl (C=O) groups excluding carboxylic acids is 3. The van der Waals surface area contributed by atoms with Crippen LogP contribution in [0.4, 0.5) is 0 Å². The third-order valence-electron chi connectivity index (χ3n) is 5.02. The number of hydrogen-bond donors (Lipinski definition) is 2. The monoisotopic (exact) mass is 473 g/mol. The first kappa shape index (κ1) is 23.9. The van der Waals surface area contributed by atoms with Crippen LogP contribution in [0.3, 0.4) is 0 Å². The normalized spacial score (nSPS) is 18.8. The highest BCUT2D eigenvalue weighted by atomic mass is 32.2. The number of ketones is 1. The smallest absolute Gasteiger partial charge is 0.327 e. The number of carboxylic acids is 1. The number of Topliss-reactive ketones (excluding diaryl/α,β-unsaturated/α-hetero) is 1. The number of ether oxygens (including phenoxy) is 1. The van der Waals surface area contributed by atoms with Crippen molar-refractivity contribution in [1.82, 2.24) is 4.90 Å². The molecule has 0 saturated carbocycles. The Morgan fingerprint density at radius 2 is 1.81 bits per heavy atom. The van der Waals surface area contributed by atoms with Crippen molar-refractivity contribution in [1.29, 1.82) is 0 Å². The lowest BCUT2D eigenvalue weighted by Gasteiger charge is -2.29. The number of carboxylic acid groups (broad SMARTS) is 1. The molecule has 0 radical (unpaired) electrons. The van der Waals surface area contributed by atoms with Gasteiger partial charge in [-0.15, -0.1) is 11.8 Å². The molecule has 1 saturated heterocycles. The molecule has 0 aliphatic carbocycles. The van der Waals surface area contributed by atoms with Crippen molar-refractivity contribution < 1.29 is 29.0 Å². The highest BCUT2D eigenvalue weighted by molar-refractivity contribution is 7.99. The lowest BCUT2D eigenvalue weighted by molar-refractivity contribution is -0.149.